The molecule has 0 spiro atoms. The molecule has 0 aliphatic carbocycles. The van der Waals surface area contributed by atoms with E-state index < -0.39 is 0 Å². The van der Waals surface area contributed by atoms with Crippen molar-refractivity contribution in [2.24, 2.45) is 0 Å². The topological polar surface area (TPSA) is 64.3 Å². The van der Waals surface area contributed by atoms with Gasteiger partial charge in [-0.3, -0.25) is 4.79 Å². The van der Waals surface area contributed by atoms with Crippen LogP contribution in [0.4, 0.5) is 11.4 Å². The van der Waals surface area contributed by atoms with Gasteiger partial charge in [0.2, 0.25) is 0 Å². The van der Waals surface area contributed by atoms with Crippen LogP contribution in [0.2, 0.25) is 0 Å². The van der Waals surface area contributed by atoms with E-state index in [9.17, 15) is 4.79 Å². The van der Waals surface area contributed by atoms with E-state index in [-0.39, 0.29) is 5.91 Å². The van der Waals surface area contributed by atoms with Gasteiger partial charge in [0, 0.05) is 0 Å². The molecule has 4 nitrogen and oxygen atoms in total. The molecule has 0 fully saturated rings. The van der Waals surface area contributed by atoms with E-state index in [0.29, 0.717) is 22.7 Å². The average Bonchev–Trinajstić information content (AvgIpc) is 2.42. The van der Waals surface area contributed by atoms with Crippen molar-refractivity contribution in [1.29, 1.82) is 0 Å². The molecule has 1 amide bonds. The maximum Gasteiger partial charge on any atom is 0.259 e. The van der Waals surface area contributed by atoms with E-state index >= 15 is 0 Å². The van der Waals surface area contributed by atoms with Gasteiger partial charge in [0.1, 0.15) is 5.75 Å². The highest BCUT2D eigenvalue weighted by Crippen LogP contribution is 2.24. The molecule has 0 atom stereocenters. The van der Waals surface area contributed by atoms with Crippen LogP contribution in [0.5, 0.6) is 5.75 Å². The molecule has 0 saturated carbocycles. The lowest BCUT2D eigenvalue weighted by Gasteiger charge is -2.12. The largest absolute Gasteiger partial charge is 0.496 e. The summed E-state index contributed by atoms with van der Waals surface area (Å²) in [5.41, 5.74) is 9.54. The van der Waals surface area contributed by atoms with E-state index in [0.717, 1.165) is 11.1 Å². The number of hydrogen-bond donors (Lipinski definition) is 2. The van der Waals surface area contributed by atoms with Crippen molar-refractivity contribution >= 4 is 17.3 Å². The Morgan fingerprint density at radius 3 is 2.45 bits per heavy atom. The third kappa shape index (κ3) is 2.91. The number of anilines is 2. The van der Waals surface area contributed by atoms with Gasteiger partial charge in [-0.2, -0.15) is 0 Å². The Morgan fingerprint density at radius 2 is 1.75 bits per heavy atom. The number of carbonyl (C=O) groups is 1. The van der Waals surface area contributed by atoms with Crippen molar-refractivity contribution in [3.8, 4) is 5.75 Å². The molecule has 0 radical (unpaired) electrons. The monoisotopic (exact) mass is 270 g/mol. The number of amides is 1. The first-order chi connectivity index (χ1) is 9.51. The van der Waals surface area contributed by atoms with Gasteiger partial charge in [0.05, 0.1) is 24.0 Å². The maximum absolute atomic E-state index is 12.4. The highest BCUT2D eigenvalue weighted by molar-refractivity contribution is 6.07. The first kappa shape index (κ1) is 13.9. The van der Waals surface area contributed by atoms with Gasteiger partial charge in [-0.1, -0.05) is 17.7 Å². The molecular weight excluding hydrogens is 252 g/mol. The molecule has 2 aromatic carbocycles. The van der Waals surface area contributed by atoms with Crippen molar-refractivity contribution in [3.05, 3.63) is 53.1 Å². The number of nitrogen functional groups attached to an aromatic ring is 1. The van der Waals surface area contributed by atoms with Crippen molar-refractivity contribution in [1.82, 2.24) is 0 Å². The molecule has 0 heterocycles. The second kappa shape index (κ2) is 5.65. The number of nitrogens with one attached hydrogen (secondary N) is 1. The number of nitrogens with two attached hydrogens (primary N) is 1. The fraction of sp³-hybridized carbons (Fsp3) is 0.188. The Hall–Kier alpha value is -2.49. The van der Waals surface area contributed by atoms with Crippen LogP contribution >= 0.6 is 0 Å². The molecular formula is C16H18N2O2. The van der Waals surface area contributed by atoms with Crippen molar-refractivity contribution in [2.45, 2.75) is 13.8 Å². The summed E-state index contributed by atoms with van der Waals surface area (Å²) in [7, 11) is 1.54. The van der Waals surface area contributed by atoms with Gasteiger partial charge in [0.25, 0.3) is 5.91 Å². The van der Waals surface area contributed by atoms with Gasteiger partial charge in [-0.05, 0) is 43.7 Å². The summed E-state index contributed by atoms with van der Waals surface area (Å²) in [5.74, 6) is 0.308. The third-order valence-corrected chi connectivity index (χ3v) is 3.06. The minimum Gasteiger partial charge on any atom is -0.496 e. The Labute approximate surface area is 118 Å². The molecule has 0 aromatic heterocycles. The summed E-state index contributed by atoms with van der Waals surface area (Å²) >= 11 is 0. The zero-order valence-electron chi connectivity index (χ0n) is 11.9. The summed E-state index contributed by atoms with van der Waals surface area (Å²) in [6.45, 7) is 3.87. The average molecular weight is 270 g/mol. The van der Waals surface area contributed by atoms with Crippen LogP contribution in [-0.2, 0) is 0 Å². The van der Waals surface area contributed by atoms with Crippen LogP contribution in [0, 0.1) is 13.8 Å². The van der Waals surface area contributed by atoms with Crippen LogP contribution in [0.1, 0.15) is 21.5 Å². The van der Waals surface area contributed by atoms with Gasteiger partial charge in [-0.25, -0.2) is 0 Å². The standard InChI is InChI=1S/C16H18N2O2/c1-10-5-7-15(20-3)12(8-10)16(19)18-14-9-11(2)4-6-13(14)17/h4-9H,17H2,1-3H3,(H,18,19). The van der Waals surface area contributed by atoms with Crippen LogP contribution < -0.4 is 15.8 Å². The van der Waals surface area contributed by atoms with Gasteiger partial charge in [0.15, 0.2) is 0 Å². The summed E-state index contributed by atoms with van der Waals surface area (Å²) in [4.78, 5) is 12.4. The number of hydrogen-bond acceptors (Lipinski definition) is 3. The van der Waals surface area contributed by atoms with E-state index in [1.165, 1.54) is 0 Å². The van der Waals surface area contributed by atoms with Crippen molar-refractivity contribution in [3.63, 3.8) is 0 Å². The van der Waals surface area contributed by atoms with Crippen molar-refractivity contribution in [2.75, 3.05) is 18.2 Å². The first-order valence-corrected chi connectivity index (χ1v) is 6.33. The van der Waals surface area contributed by atoms with Gasteiger partial charge >= 0.3 is 0 Å². The number of benzene rings is 2. The number of carbonyl (C=O) groups excluding carboxylic acids is 1. The lowest BCUT2D eigenvalue weighted by molar-refractivity contribution is 0.102. The number of ether oxygens (including phenoxy) is 1. The van der Waals surface area contributed by atoms with Crippen LogP contribution in [-0.4, -0.2) is 13.0 Å². The third-order valence-electron chi connectivity index (χ3n) is 3.06. The van der Waals surface area contributed by atoms with Gasteiger partial charge < -0.3 is 15.8 Å². The summed E-state index contributed by atoms with van der Waals surface area (Å²) in [5, 5.41) is 2.83. The zero-order chi connectivity index (χ0) is 14.7. The molecule has 0 bridgehead atoms. The molecule has 20 heavy (non-hydrogen) atoms. The maximum atomic E-state index is 12.4. The molecule has 3 N–H and O–H groups in total. The first-order valence-electron chi connectivity index (χ1n) is 6.33. The Bertz CT molecular complexity index is 651. The lowest BCUT2D eigenvalue weighted by Crippen LogP contribution is -2.14. The Balaban J connectivity index is 2.32. The fourth-order valence-corrected chi connectivity index (χ4v) is 1.97. The minimum atomic E-state index is -0.233. The van der Waals surface area contributed by atoms with E-state index in [1.807, 2.05) is 32.0 Å². The number of methoxy groups -OCH3 is 1. The lowest BCUT2D eigenvalue weighted by atomic mass is 10.1. The normalized spacial score (nSPS) is 10.2. The number of rotatable bonds is 3. The Kier molecular flexibility index (Phi) is 3.94. The molecule has 0 aliphatic heterocycles. The molecule has 104 valence electrons. The van der Waals surface area contributed by atoms with Crippen LogP contribution in [0.3, 0.4) is 0 Å². The molecule has 2 aromatic rings. The second-order valence-corrected chi connectivity index (χ2v) is 4.75. The summed E-state index contributed by atoms with van der Waals surface area (Å²) < 4.78 is 5.22. The van der Waals surface area contributed by atoms with E-state index in [2.05, 4.69) is 5.32 Å². The summed E-state index contributed by atoms with van der Waals surface area (Å²) in [6, 6.07) is 11.0. The Morgan fingerprint density at radius 1 is 1.10 bits per heavy atom. The van der Waals surface area contributed by atoms with E-state index in [1.54, 1.807) is 25.3 Å². The minimum absolute atomic E-state index is 0.233. The summed E-state index contributed by atoms with van der Waals surface area (Å²) in [6.07, 6.45) is 0. The highest BCUT2D eigenvalue weighted by Gasteiger charge is 2.13. The molecule has 2 rings (SSSR count). The number of aryl methyl sites for hydroxylation is 2. The predicted octanol–water partition coefficient (Wildman–Crippen LogP) is 3.15. The van der Waals surface area contributed by atoms with Crippen LogP contribution in [0.15, 0.2) is 36.4 Å². The zero-order valence-corrected chi connectivity index (χ0v) is 11.9. The molecule has 0 saturated heterocycles. The van der Waals surface area contributed by atoms with Crippen molar-refractivity contribution < 1.29 is 9.53 Å². The highest BCUT2D eigenvalue weighted by atomic mass is 16.5. The molecule has 0 aliphatic rings. The smallest absolute Gasteiger partial charge is 0.259 e. The predicted molar refractivity (Wildman–Crippen MR) is 81.3 cm³/mol. The van der Waals surface area contributed by atoms with Crippen LogP contribution in [0.25, 0.3) is 0 Å². The van der Waals surface area contributed by atoms with E-state index in [4.69, 9.17) is 10.5 Å². The molecule has 4 heteroatoms. The SMILES string of the molecule is COc1ccc(C)cc1C(=O)Nc1cc(C)ccc1N. The van der Waals surface area contributed by atoms with Gasteiger partial charge in [-0.15, -0.1) is 0 Å². The fourth-order valence-electron chi connectivity index (χ4n) is 1.97. The second-order valence-electron chi connectivity index (χ2n) is 4.75. The quantitative estimate of drug-likeness (QED) is 0.842. The molecule has 0 unspecified atom stereocenters.